The van der Waals surface area contributed by atoms with E-state index in [0.29, 0.717) is 21.5 Å². The Balaban J connectivity index is 2.68. The van der Waals surface area contributed by atoms with Gasteiger partial charge in [-0.05, 0) is 21.5 Å². The summed E-state index contributed by atoms with van der Waals surface area (Å²) < 4.78 is 77.5. The predicted molar refractivity (Wildman–Crippen MR) is 95.4 cm³/mol. The molecule has 0 unspecified atom stereocenters. The van der Waals surface area contributed by atoms with E-state index in [1.165, 1.54) is 14.2 Å². The number of hydrogen-bond acceptors (Lipinski definition) is 5. The SMILES string of the molecule is COCc1cccc(COC)c1[Si](OS(=O)(=O)C(F)(F)F)c1ccccc1. The van der Waals surface area contributed by atoms with E-state index in [-0.39, 0.29) is 13.2 Å². The van der Waals surface area contributed by atoms with Crippen LogP contribution in [0.3, 0.4) is 0 Å². The summed E-state index contributed by atoms with van der Waals surface area (Å²) in [4.78, 5) is 0. The van der Waals surface area contributed by atoms with Crippen LogP contribution >= 0.6 is 0 Å². The normalized spacial score (nSPS) is 12.5. The van der Waals surface area contributed by atoms with Crippen molar-refractivity contribution in [3.63, 3.8) is 0 Å². The van der Waals surface area contributed by atoms with Gasteiger partial charge in [-0.15, -0.1) is 0 Å². The van der Waals surface area contributed by atoms with Gasteiger partial charge in [-0.3, -0.25) is 3.87 Å². The fourth-order valence-electron chi connectivity index (χ4n) is 2.48. The van der Waals surface area contributed by atoms with Crippen LogP contribution in [0.4, 0.5) is 13.2 Å². The third kappa shape index (κ3) is 5.17. The molecule has 0 aliphatic heterocycles. The van der Waals surface area contributed by atoms with Gasteiger partial charge in [0.1, 0.15) is 0 Å². The molecule has 27 heavy (non-hydrogen) atoms. The van der Waals surface area contributed by atoms with Crippen LogP contribution < -0.4 is 10.4 Å². The smallest absolute Gasteiger partial charge is 0.380 e. The van der Waals surface area contributed by atoms with E-state index in [4.69, 9.17) is 13.3 Å². The molecule has 0 N–H and O–H groups in total. The van der Waals surface area contributed by atoms with Gasteiger partial charge in [0.15, 0.2) is 0 Å². The molecule has 0 aliphatic carbocycles. The standard InChI is InChI=1S/C17H18F3O5SSi/c1-23-11-13-7-6-8-14(12-24-2)16(13)27(15-9-4-3-5-10-15)25-26(21,22)17(18,19)20/h3-10H,11-12H2,1-2H3. The largest absolute Gasteiger partial charge is 0.522 e. The maximum absolute atomic E-state index is 13.0. The molecule has 0 saturated heterocycles. The lowest BCUT2D eigenvalue weighted by molar-refractivity contribution is -0.0500. The van der Waals surface area contributed by atoms with Gasteiger partial charge in [0.2, 0.25) is 0 Å². The summed E-state index contributed by atoms with van der Waals surface area (Å²) in [5.41, 5.74) is -4.43. The Bertz CT molecular complexity index is 832. The van der Waals surface area contributed by atoms with E-state index in [9.17, 15) is 21.6 Å². The monoisotopic (exact) mass is 419 g/mol. The zero-order valence-corrected chi connectivity index (χ0v) is 16.4. The zero-order valence-electron chi connectivity index (χ0n) is 14.6. The van der Waals surface area contributed by atoms with Crippen molar-refractivity contribution >= 4 is 29.5 Å². The molecule has 10 heteroatoms. The van der Waals surface area contributed by atoms with Gasteiger partial charge in [-0.25, -0.2) is 0 Å². The highest BCUT2D eigenvalue weighted by Crippen LogP contribution is 2.25. The quantitative estimate of drug-likeness (QED) is 0.484. The van der Waals surface area contributed by atoms with Crippen LogP contribution in [0.15, 0.2) is 48.5 Å². The second-order valence-electron chi connectivity index (χ2n) is 5.50. The molecular formula is C17H18F3O5SSi. The number of benzene rings is 2. The van der Waals surface area contributed by atoms with Gasteiger partial charge >= 0.3 is 24.7 Å². The Morgan fingerprint density at radius 1 is 0.889 bits per heavy atom. The maximum Gasteiger partial charge on any atom is 0.522 e. The van der Waals surface area contributed by atoms with Crippen LogP contribution in [0.1, 0.15) is 11.1 Å². The zero-order chi connectivity index (χ0) is 20.1. The first kappa shape index (κ1) is 21.6. The van der Waals surface area contributed by atoms with Crippen molar-refractivity contribution < 1.29 is 34.9 Å². The lowest BCUT2D eigenvalue weighted by Gasteiger charge is -2.22. The van der Waals surface area contributed by atoms with Gasteiger partial charge in [0.25, 0.3) is 0 Å². The van der Waals surface area contributed by atoms with Crippen molar-refractivity contribution in [2.75, 3.05) is 14.2 Å². The van der Waals surface area contributed by atoms with Crippen molar-refractivity contribution in [3.8, 4) is 0 Å². The average molecular weight is 419 g/mol. The first-order valence-corrected chi connectivity index (χ1v) is 10.5. The van der Waals surface area contributed by atoms with Crippen molar-refractivity contribution in [1.29, 1.82) is 0 Å². The third-order valence-corrected chi connectivity index (χ3v) is 7.64. The van der Waals surface area contributed by atoms with Crippen LogP contribution in [-0.4, -0.2) is 37.2 Å². The minimum Gasteiger partial charge on any atom is -0.380 e. The summed E-state index contributed by atoms with van der Waals surface area (Å²) >= 11 is 0. The second-order valence-corrected chi connectivity index (χ2v) is 9.27. The fourth-order valence-corrected chi connectivity index (χ4v) is 6.13. The van der Waals surface area contributed by atoms with E-state index in [1.54, 1.807) is 48.5 Å². The maximum atomic E-state index is 13.0. The van der Waals surface area contributed by atoms with Crippen molar-refractivity contribution in [1.82, 2.24) is 0 Å². The van der Waals surface area contributed by atoms with Crippen molar-refractivity contribution in [2.45, 2.75) is 18.7 Å². The Morgan fingerprint density at radius 3 is 1.85 bits per heavy atom. The number of rotatable bonds is 8. The highest BCUT2D eigenvalue weighted by atomic mass is 32.2. The Labute approximate surface area is 157 Å². The van der Waals surface area contributed by atoms with Gasteiger partial charge in [-0.2, -0.15) is 21.6 Å². The molecule has 0 atom stereocenters. The molecule has 5 nitrogen and oxygen atoms in total. The molecule has 0 heterocycles. The van der Waals surface area contributed by atoms with Crippen LogP contribution in [0.25, 0.3) is 0 Å². The summed E-state index contributed by atoms with van der Waals surface area (Å²) in [5.74, 6) is 0. The summed E-state index contributed by atoms with van der Waals surface area (Å²) in [6.45, 7) is 0.173. The lowest BCUT2D eigenvalue weighted by atomic mass is 10.1. The predicted octanol–water partition coefficient (Wildman–Crippen LogP) is 1.95. The molecule has 0 saturated carbocycles. The van der Waals surface area contributed by atoms with Crippen molar-refractivity contribution in [2.24, 2.45) is 0 Å². The molecule has 2 rings (SSSR count). The molecule has 0 fully saturated rings. The Kier molecular flexibility index (Phi) is 7.17. The van der Waals surface area contributed by atoms with Gasteiger partial charge in [-0.1, -0.05) is 48.5 Å². The van der Waals surface area contributed by atoms with Gasteiger partial charge in [0, 0.05) is 14.2 Å². The van der Waals surface area contributed by atoms with Gasteiger partial charge in [0.05, 0.1) is 13.2 Å². The van der Waals surface area contributed by atoms with Gasteiger partial charge < -0.3 is 9.47 Å². The summed E-state index contributed by atoms with van der Waals surface area (Å²) in [7, 11) is -5.72. The fraction of sp³-hybridized carbons (Fsp3) is 0.294. The molecule has 0 bridgehead atoms. The van der Waals surface area contributed by atoms with Crippen molar-refractivity contribution in [3.05, 3.63) is 59.7 Å². The van der Waals surface area contributed by atoms with Crippen LogP contribution in [0.2, 0.25) is 0 Å². The molecule has 0 amide bonds. The molecule has 147 valence electrons. The van der Waals surface area contributed by atoms with E-state index in [2.05, 4.69) is 0 Å². The number of hydrogen-bond donors (Lipinski definition) is 0. The molecule has 0 aliphatic rings. The summed E-state index contributed by atoms with van der Waals surface area (Å²) in [6, 6.07) is 13.0. The molecule has 0 aromatic heterocycles. The van der Waals surface area contributed by atoms with Crippen LogP contribution in [-0.2, 0) is 36.7 Å². The average Bonchev–Trinajstić information content (AvgIpc) is 2.61. The Morgan fingerprint density at radius 2 is 1.41 bits per heavy atom. The Hall–Kier alpha value is -1.72. The molecule has 1 radical (unpaired) electrons. The number of ether oxygens (including phenoxy) is 2. The molecule has 2 aromatic rings. The van der Waals surface area contributed by atoms with E-state index in [0.717, 1.165) is 0 Å². The highest BCUT2D eigenvalue weighted by Gasteiger charge is 2.49. The van der Waals surface area contributed by atoms with Crippen LogP contribution in [0.5, 0.6) is 0 Å². The third-order valence-electron chi connectivity index (χ3n) is 3.58. The highest BCUT2D eigenvalue weighted by molar-refractivity contribution is 7.88. The molecule has 0 spiro atoms. The van der Waals surface area contributed by atoms with Crippen LogP contribution in [0, 0.1) is 0 Å². The first-order chi connectivity index (χ1) is 12.7. The minimum atomic E-state index is -5.79. The number of halogens is 3. The number of methoxy groups -OCH3 is 2. The second kappa shape index (κ2) is 8.98. The first-order valence-electron chi connectivity index (χ1n) is 7.73. The number of alkyl halides is 3. The topological polar surface area (TPSA) is 61.8 Å². The lowest BCUT2D eigenvalue weighted by Crippen LogP contribution is -2.51. The molecular weight excluding hydrogens is 401 g/mol. The summed E-state index contributed by atoms with van der Waals surface area (Å²) in [6.07, 6.45) is 0. The molecule has 2 aromatic carbocycles. The van der Waals surface area contributed by atoms with E-state index in [1.807, 2.05) is 0 Å². The summed E-state index contributed by atoms with van der Waals surface area (Å²) in [5, 5.41) is 0.724. The van der Waals surface area contributed by atoms with E-state index >= 15 is 0 Å². The minimum absolute atomic E-state index is 0.0866. The van der Waals surface area contributed by atoms with E-state index < -0.39 is 24.7 Å².